The van der Waals surface area contributed by atoms with Crippen LogP contribution in [0.4, 0.5) is 20.2 Å². The molecular formula is C26H27F2N7O3. The van der Waals surface area contributed by atoms with Gasteiger partial charge >= 0.3 is 0 Å². The number of hydrogen-bond donors (Lipinski definition) is 3. The molecule has 4 N–H and O–H groups in total. The molecule has 0 radical (unpaired) electrons. The molecule has 1 aliphatic heterocycles. The average molecular weight is 524 g/mol. The molecule has 0 bridgehead atoms. The van der Waals surface area contributed by atoms with Gasteiger partial charge in [0, 0.05) is 38.3 Å². The number of nitrogens with one attached hydrogen (secondary N) is 1. The molecule has 1 aliphatic rings. The van der Waals surface area contributed by atoms with Crippen LogP contribution in [0.2, 0.25) is 0 Å². The first-order chi connectivity index (χ1) is 18.3. The van der Waals surface area contributed by atoms with E-state index in [0.29, 0.717) is 47.6 Å². The van der Waals surface area contributed by atoms with Crippen LogP contribution in [-0.4, -0.2) is 56.1 Å². The van der Waals surface area contributed by atoms with Crippen molar-refractivity contribution in [2.75, 3.05) is 29.9 Å². The molecule has 2 aromatic heterocycles. The van der Waals surface area contributed by atoms with Gasteiger partial charge in [-0.2, -0.15) is 9.78 Å². The Bertz CT molecular complexity index is 1560. The number of carbonyl (C=O) groups is 1. The zero-order valence-corrected chi connectivity index (χ0v) is 20.7. The van der Waals surface area contributed by atoms with Gasteiger partial charge in [0.05, 0.1) is 16.9 Å². The summed E-state index contributed by atoms with van der Waals surface area (Å²) in [4.78, 5) is 32.5. The highest BCUT2D eigenvalue weighted by molar-refractivity contribution is 6.08. The van der Waals surface area contributed by atoms with E-state index in [4.69, 9.17) is 10.7 Å². The van der Waals surface area contributed by atoms with Crippen molar-refractivity contribution in [1.82, 2.24) is 19.3 Å². The van der Waals surface area contributed by atoms with Gasteiger partial charge in [0.2, 0.25) is 0 Å². The van der Waals surface area contributed by atoms with Crippen molar-refractivity contribution in [1.29, 1.82) is 0 Å². The maximum Gasteiger partial charge on any atom is 0.276 e. The third-order valence-electron chi connectivity index (χ3n) is 6.60. The summed E-state index contributed by atoms with van der Waals surface area (Å²) >= 11 is 0. The van der Waals surface area contributed by atoms with E-state index in [0.717, 1.165) is 36.0 Å². The molecule has 1 saturated heterocycles. The summed E-state index contributed by atoms with van der Waals surface area (Å²) in [6.07, 6.45) is 1.34. The maximum absolute atomic E-state index is 14.3. The Morgan fingerprint density at radius 3 is 2.61 bits per heavy atom. The maximum atomic E-state index is 14.3. The minimum absolute atomic E-state index is 0.0349. The van der Waals surface area contributed by atoms with Crippen LogP contribution in [0.25, 0.3) is 16.7 Å². The van der Waals surface area contributed by atoms with Gasteiger partial charge in [-0.05, 0) is 50.1 Å². The van der Waals surface area contributed by atoms with Crippen LogP contribution in [-0.2, 0) is 6.54 Å². The Labute approximate surface area is 216 Å². The molecule has 0 aliphatic carbocycles. The number of imidazole rings is 1. The standard InChI is InChI=1S/C26H27F2N7O3/c1-15-30-23-21(34(15)11-3-13-36)8-6-19(25(23)33-12-10-16(29)14-33)31-26(38)20-7-9-22(37)35(32-20)24-17(27)4-2-5-18(24)28/h2,4-9,16,36H,3,10-14,29H2,1H3,(H,31,38)/t16-/m0/s1. The average Bonchev–Trinajstić information content (AvgIpc) is 3.45. The number of aryl methyl sites for hydroxylation is 2. The highest BCUT2D eigenvalue weighted by atomic mass is 19.1. The quantitative estimate of drug-likeness (QED) is 0.339. The fourth-order valence-electron chi connectivity index (χ4n) is 4.79. The van der Waals surface area contributed by atoms with Crippen LogP contribution in [0.5, 0.6) is 0 Å². The molecule has 2 aromatic carbocycles. The lowest BCUT2D eigenvalue weighted by atomic mass is 10.2. The lowest BCUT2D eigenvalue weighted by Crippen LogP contribution is -2.28. The van der Waals surface area contributed by atoms with E-state index in [2.05, 4.69) is 15.3 Å². The number of aliphatic hydroxyl groups excluding tert-OH is 1. The molecule has 3 heterocycles. The minimum atomic E-state index is -0.984. The van der Waals surface area contributed by atoms with Crippen molar-refractivity contribution in [2.45, 2.75) is 32.4 Å². The normalized spacial score (nSPS) is 15.4. The van der Waals surface area contributed by atoms with Gasteiger partial charge in [-0.1, -0.05) is 6.07 Å². The number of aliphatic hydroxyl groups is 1. The van der Waals surface area contributed by atoms with E-state index >= 15 is 0 Å². The van der Waals surface area contributed by atoms with Crippen molar-refractivity contribution >= 4 is 28.3 Å². The van der Waals surface area contributed by atoms with Crippen LogP contribution < -0.4 is 21.5 Å². The monoisotopic (exact) mass is 523 g/mol. The molecule has 5 rings (SSSR count). The van der Waals surface area contributed by atoms with E-state index in [1.807, 2.05) is 17.6 Å². The number of anilines is 2. The Morgan fingerprint density at radius 2 is 1.92 bits per heavy atom. The van der Waals surface area contributed by atoms with Crippen molar-refractivity contribution in [2.24, 2.45) is 5.73 Å². The molecule has 38 heavy (non-hydrogen) atoms. The van der Waals surface area contributed by atoms with Gasteiger partial charge in [-0.3, -0.25) is 9.59 Å². The van der Waals surface area contributed by atoms with Gasteiger partial charge in [0.15, 0.2) is 11.6 Å². The summed E-state index contributed by atoms with van der Waals surface area (Å²) in [5.41, 5.74) is 7.20. The van der Waals surface area contributed by atoms with E-state index in [1.165, 1.54) is 12.1 Å². The fraction of sp³-hybridized carbons (Fsp3) is 0.308. The highest BCUT2D eigenvalue weighted by Gasteiger charge is 2.27. The number of para-hydroxylation sites is 1. The van der Waals surface area contributed by atoms with E-state index in [-0.39, 0.29) is 18.3 Å². The molecule has 4 aromatic rings. The van der Waals surface area contributed by atoms with Gasteiger partial charge < -0.3 is 25.6 Å². The number of fused-ring (bicyclic) bond motifs is 1. The molecule has 0 spiro atoms. The van der Waals surface area contributed by atoms with Crippen LogP contribution in [0.15, 0.2) is 47.3 Å². The molecule has 0 unspecified atom stereocenters. The van der Waals surface area contributed by atoms with Crippen molar-refractivity contribution < 1.29 is 18.7 Å². The van der Waals surface area contributed by atoms with Gasteiger partial charge in [0.1, 0.15) is 22.7 Å². The number of aromatic nitrogens is 4. The first-order valence-electron chi connectivity index (χ1n) is 12.3. The van der Waals surface area contributed by atoms with Crippen molar-refractivity contribution in [3.8, 4) is 5.69 Å². The van der Waals surface area contributed by atoms with Crippen LogP contribution in [0, 0.1) is 18.6 Å². The predicted octanol–water partition coefficient (Wildman–Crippen LogP) is 2.34. The molecule has 198 valence electrons. The summed E-state index contributed by atoms with van der Waals surface area (Å²) in [6, 6.07) is 8.96. The smallest absolute Gasteiger partial charge is 0.276 e. The number of nitrogens with two attached hydrogens (primary N) is 1. The SMILES string of the molecule is Cc1nc2c(N3CC[C@H](N)C3)c(NC(=O)c3ccc(=O)n(-c4c(F)cccc4F)n3)ccc2n1CCCO. The summed E-state index contributed by atoms with van der Waals surface area (Å²) in [5.74, 6) is -1.87. The number of amides is 1. The van der Waals surface area contributed by atoms with Crippen molar-refractivity contribution in [3.05, 3.63) is 76.0 Å². The predicted molar refractivity (Wildman–Crippen MR) is 139 cm³/mol. The number of hydrogen-bond acceptors (Lipinski definition) is 7. The molecule has 12 heteroatoms. The highest BCUT2D eigenvalue weighted by Crippen LogP contribution is 2.37. The largest absolute Gasteiger partial charge is 0.396 e. The second-order valence-electron chi connectivity index (χ2n) is 9.21. The lowest BCUT2D eigenvalue weighted by molar-refractivity contribution is 0.102. The zero-order chi connectivity index (χ0) is 27.0. The van der Waals surface area contributed by atoms with Gasteiger partial charge in [-0.15, -0.1) is 0 Å². The molecule has 1 atom stereocenters. The molecule has 1 fully saturated rings. The van der Waals surface area contributed by atoms with Gasteiger partial charge in [0.25, 0.3) is 11.5 Å². The number of benzene rings is 2. The Balaban J connectivity index is 1.55. The topological polar surface area (TPSA) is 131 Å². The first kappa shape index (κ1) is 25.5. The summed E-state index contributed by atoms with van der Waals surface area (Å²) in [7, 11) is 0. The fourth-order valence-corrected chi connectivity index (χ4v) is 4.79. The minimum Gasteiger partial charge on any atom is -0.396 e. The molecular weight excluding hydrogens is 496 g/mol. The lowest BCUT2D eigenvalue weighted by Gasteiger charge is -2.22. The second-order valence-corrected chi connectivity index (χ2v) is 9.21. The van der Waals surface area contributed by atoms with Crippen LogP contribution in [0.1, 0.15) is 29.2 Å². The Kier molecular flexibility index (Phi) is 6.91. The number of nitrogens with zero attached hydrogens (tertiary/aromatic N) is 5. The molecule has 10 nitrogen and oxygen atoms in total. The number of halogens is 2. The van der Waals surface area contributed by atoms with E-state index in [9.17, 15) is 23.5 Å². The first-order valence-corrected chi connectivity index (χ1v) is 12.3. The number of rotatable bonds is 7. The number of carbonyl (C=O) groups excluding carboxylic acids is 1. The van der Waals surface area contributed by atoms with Gasteiger partial charge in [-0.25, -0.2) is 13.8 Å². The molecule has 1 amide bonds. The van der Waals surface area contributed by atoms with Crippen LogP contribution >= 0.6 is 0 Å². The summed E-state index contributed by atoms with van der Waals surface area (Å²) in [5, 5.41) is 16.1. The second kappa shape index (κ2) is 10.3. The summed E-state index contributed by atoms with van der Waals surface area (Å²) < 4.78 is 31.2. The summed E-state index contributed by atoms with van der Waals surface area (Å²) in [6.45, 7) is 3.75. The zero-order valence-electron chi connectivity index (χ0n) is 20.7. The third kappa shape index (κ3) is 4.63. The van der Waals surface area contributed by atoms with Crippen LogP contribution in [0.3, 0.4) is 0 Å². The Hall–Kier alpha value is -4.16. The Morgan fingerprint density at radius 1 is 1.16 bits per heavy atom. The van der Waals surface area contributed by atoms with E-state index in [1.54, 1.807) is 6.07 Å². The van der Waals surface area contributed by atoms with E-state index < -0.39 is 28.8 Å². The third-order valence-corrected chi connectivity index (χ3v) is 6.60. The van der Waals surface area contributed by atoms with Crippen molar-refractivity contribution in [3.63, 3.8) is 0 Å². The molecule has 0 saturated carbocycles.